The van der Waals surface area contributed by atoms with Gasteiger partial charge < -0.3 is 9.73 Å². The first kappa shape index (κ1) is 11.2. The van der Waals surface area contributed by atoms with Crippen LogP contribution < -0.4 is 5.32 Å². The van der Waals surface area contributed by atoms with Crippen molar-refractivity contribution < 1.29 is 4.42 Å². The molecule has 0 radical (unpaired) electrons. The van der Waals surface area contributed by atoms with Gasteiger partial charge in [-0.15, -0.1) is 0 Å². The number of hydrogen-bond acceptors (Lipinski definition) is 3. The first-order chi connectivity index (χ1) is 8.25. The summed E-state index contributed by atoms with van der Waals surface area (Å²) in [5.41, 5.74) is 1.72. The lowest BCUT2D eigenvalue weighted by molar-refractivity contribution is 0.292. The maximum atomic E-state index is 5.96. The number of nitrogens with one attached hydrogen (secondary N) is 1. The molecule has 3 rings (SSSR count). The van der Waals surface area contributed by atoms with Gasteiger partial charge in [0.25, 0.3) is 0 Å². The van der Waals surface area contributed by atoms with E-state index in [1.165, 1.54) is 6.42 Å². The highest BCUT2D eigenvalue weighted by Gasteiger charge is 2.38. The smallest absolute Gasteiger partial charge is 0.215 e. The van der Waals surface area contributed by atoms with Crippen LogP contribution in [0, 0.1) is 0 Å². The molecule has 1 saturated heterocycles. The Bertz CT molecular complexity index is 543. The molecule has 0 aliphatic carbocycles. The monoisotopic (exact) mass is 294 g/mol. The van der Waals surface area contributed by atoms with Gasteiger partial charge >= 0.3 is 0 Å². The molecule has 1 aromatic carbocycles. The highest BCUT2D eigenvalue weighted by molar-refractivity contribution is 9.10. The van der Waals surface area contributed by atoms with Gasteiger partial charge in [-0.05, 0) is 53.9 Å². The lowest BCUT2D eigenvalue weighted by Gasteiger charge is -2.23. The Morgan fingerprint density at radius 3 is 3.06 bits per heavy atom. The van der Waals surface area contributed by atoms with Crippen molar-refractivity contribution in [1.29, 1.82) is 0 Å². The SMILES string of the molecule is CCC1(c2nc3cccc(Br)c3o2)CCCN1. The minimum atomic E-state index is -0.0571. The molecule has 2 heterocycles. The molecule has 0 saturated carbocycles. The zero-order valence-corrected chi connectivity index (χ0v) is 11.4. The van der Waals surface area contributed by atoms with Gasteiger partial charge in [-0.2, -0.15) is 0 Å². The third-order valence-electron chi connectivity index (χ3n) is 3.62. The van der Waals surface area contributed by atoms with E-state index < -0.39 is 0 Å². The molecule has 0 amide bonds. The molecule has 0 bridgehead atoms. The molecule has 3 nitrogen and oxygen atoms in total. The van der Waals surface area contributed by atoms with Crippen molar-refractivity contribution in [1.82, 2.24) is 10.3 Å². The van der Waals surface area contributed by atoms with Gasteiger partial charge in [0, 0.05) is 0 Å². The molecular formula is C13H15BrN2O. The summed E-state index contributed by atoms with van der Waals surface area (Å²) < 4.78 is 6.93. The van der Waals surface area contributed by atoms with Crippen molar-refractivity contribution in [3.8, 4) is 0 Å². The Morgan fingerprint density at radius 1 is 1.53 bits per heavy atom. The molecule has 90 valence electrons. The molecule has 2 aromatic rings. The summed E-state index contributed by atoms with van der Waals surface area (Å²) >= 11 is 3.50. The average Bonchev–Trinajstić information content (AvgIpc) is 2.96. The van der Waals surface area contributed by atoms with E-state index in [0.29, 0.717) is 0 Å². The van der Waals surface area contributed by atoms with Crippen LogP contribution in [-0.2, 0) is 5.54 Å². The van der Waals surface area contributed by atoms with Gasteiger partial charge in [0.1, 0.15) is 5.52 Å². The van der Waals surface area contributed by atoms with Gasteiger partial charge in [0.2, 0.25) is 5.89 Å². The lowest BCUT2D eigenvalue weighted by atomic mass is 9.94. The fraction of sp³-hybridized carbons (Fsp3) is 0.462. The minimum absolute atomic E-state index is 0.0571. The second kappa shape index (κ2) is 4.10. The summed E-state index contributed by atoms with van der Waals surface area (Å²) in [4.78, 5) is 4.64. The van der Waals surface area contributed by atoms with Gasteiger partial charge in [0.05, 0.1) is 10.0 Å². The fourth-order valence-corrected chi connectivity index (χ4v) is 3.00. The average molecular weight is 295 g/mol. The number of rotatable bonds is 2. The zero-order valence-electron chi connectivity index (χ0n) is 9.79. The molecule has 1 aromatic heterocycles. The summed E-state index contributed by atoms with van der Waals surface area (Å²) in [6.45, 7) is 3.23. The van der Waals surface area contributed by atoms with Crippen LogP contribution in [0.15, 0.2) is 27.1 Å². The number of aromatic nitrogens is 1. The Balaban J connectivity index is 2.14. The van der Waals surface area contributed by atoms with Gasteiger partial charge in [-0.1, -0.05) is 13.0 Å². The quantitative estimate of drug-likeness (QED) is 0.920. The zero-order chi connectivity index (χ0) is 11.9. The van der Waals surface area contributed by atoms with Crippen molar-refractivity contribution in [3.05, 3.63) is 28.6 Å². The Labute approximate surface area is 109 Å². The van der Waals surface area contributed by atoms with Crippen LogP contribution in [0.2, 0.25) is 0 Å². The molecular weight excluding hydrogens is 280 g/mol. The molecule has 1 fully saturated rings. The molecule has 1 N–H and O–H groups in total. The van der Waals surface area contributed by atoms with Crippen molar-refractivity contribution in [2.45, 2.75) is 31.7 Å². The van der Waals surface area contributed by atoms with Crippen LogP contribution in [0.25, 0.3) is 11.1 Å². The lowest BCUT2D eigenvalue weighted by Crippen LogP contribution is -2.36. The number of hydrogen-bond donors (Lipinski definition) is 1. The molecule has 1 aliphatic rings. The number of halogens is 1. The third kappa shape index (κ3) is 1.70. The predicted molar refractivity (Wildman–Crippen MR) is 70.9 cm³/mol. The molecule has 1 aliphatic heterocycles. The molecule has 17 heavy (non-hydrogen) atoms. The predicted octanol–water partition coefficient (Wildman–Crippen LogP) is 3.58. The van der Waals surface area contributed by atoms with E-state index in [4.69, 9.17) is 4.42 Å². The minimum Gasteiger partial charge on any atom is -0.437 e. The Morgan fingerprint density at radius 2 is 2.41 bits per heavy atom. The summed E-state index contributed by atoms with van der Waals surface area (Å²) in [5.74, 6) is 0.833. The van der Waals surface area contributed by atoms with Gasteiger partial charge in [-0.25, -0.2) is 4.98 Å². The summed E-state index contributed by atoms with van der Waals surface area (Å²) in [7, 11) is 0. The summed E-state index contributed by atoms with van der Waals surface area (Å²) in [6.07, 6.45) is 3.30. The second-order valence-electron chi connectivity index (χ2n) is 4.57. The maximum Gasteiger partial charge on any atom is 0.215 e. The van der Waals surface area contributed by atoms with Crippen LogP contribution in [0.5, 0.6) is 0 Å². The van der Waals surface area contributed by atoms with E-state index in [-0.39, 0.29) is 5.54 Å². The van der Waals surface area contributed by atoms with Crippen LogP contribution in [0.4, 0.5) is 0 Å². The van der Waals surface area contributed by atoms with E-state index in [2.05, 4.69) is 33.2 Å². The standard InChI is InChI=1S/C13H15BrN2O/c1-2-13(7-4-8-15-13)12-16-10-6-3-5-9(14)11(10)17-12/h3,5-6,15H,2,4,7-8H2,1H3. The van der Waals surface area contributed by atoms with Crippen molar-refractivity contribution in [3.63, 3.8) is 0 Å². The van der Waals surface area contributed by atoms with E-state index >= 15 is 0 Å². The topological polar surface area (TPSA) is 38.1 Å². The first-order valence-corrected chi connectivity index (χ1v) is 6.85. The highest BCUT2D eigenvalue weighted by Crippen LogP contribution is 2.36. The molecule has 4 heteroatoms. The number of fused-ring (bicyclic) bond motifs is 1. The molecule has 1 atom stereocenters. The fourth-order valence-electron chi connectivity index (χ4n) is 2.56. The van der Waals surface area contributed by atoms with E-state index in [1.54, 1.807) is 0 Å². The number of para-hydroxylation sites is 1. The summed E-state index contributed by atoms with van der Waals surface area (Å²) in [5, 5.41) is 3.54. The van der Waals surface area contributed by atoms with Crippen LogP contribution in [0.1, 0.15) is 32.1 Å². The Kier molecular flexibility index (Phi) is 2.71. The van der Waals surface area contributed by atoms with Crippen molar-refractivity contribution in [2.24, 2.45) is 0 Å². The van der Waals surface area contributed by atoms with Crippen LogP contribution in [-0.4, -0.2) is 11.5 Å². The number of benzene rings is 1. The number of oxazole rings is 1. The van der Waals surface area contributed by atoms with Gasteiger partial charge in [-0.3, -0.25) is 0 Å². The number of nitrogens with zero attached hydrogens (tertiary/aromatic N) is 1. The third-order valence-corrected chi connectivity index (χ3v) is 4.25. The second-order valence-corrected chi connectivity index (χ2v) is 5.43. The van der Waals surface area contributed by atoms with E-state index in [9.17, 15) is 0 Å². The summed E-state index contributed by atoms with van der Waals surface area (Å²) in [6, 6.07) is 5.96. The highest BCUT2D eigenvalue weighted by atomic mass is 79.9. The molecule has 0 spiro atoms. The Hall–Kier alpha value is -0.870. The van der Waals surface area contributed by atoms with Crippen LogP contribution >= 0.6 is 15.9 Å². The largest absolute Gasteiger partial charge is 0.437 e. The van der Waals surface area contributed by atoms with E-state index in [1.807, 2.05) is 18.2 Å². The normalized spacial score (nSPS) is 24.6. The molecule has 1 unspecified atom stereocenters. The van der Waals surface area contributed by atoms with Gasteiger partial charge in [0.15, 0.2) is 5.58 Å². The van der Waals surface area contributed by atoms with Crippen LogP contribution in [0.3, 0.4) is 0 Å². The van der Waals surface area contributed by atoms with E-state index in [0.717, 1.165) is 40.8 Å². The van der Waals surface area contributed by atoms with Crippen molar-refractivity contribution >= 4 is 27.0 Å². The van der Waals surface area contributed by atoms with Crippen molar-refractivity contribution in [2.75, 3.05) is 6.54 Å². The first-order valence-electron chi connectivity index (χ1n) is 6.06. The maximum absolute atomic E-state index is 5.96.